The number of oxime groups is 1. The van der Waals surface area contributed by atoms with E-state index in [9.17, 15) is 4.79 Å². The van der Waals surface area contributed by atoms with Gasteiger partial charge < -0.3 is 25.2 Å². The normalized spacial score (nSPS) is 14.7. The summed E-state index contributed by atoms with van der Waals surface area (Å²) in [6.07, 6.45) is 0.981. The van der Waals surface area contributed by atoms with Crippen molar-refractivity contribution in [1.29, 1.82) is 0 Å². The van der Waals surface area contributed by atoms with E-state index in [2.05, 4.69) is 11.7 Å². The molecule has 0 rings (SSSR count). The summed E-state index contributed by atoms with van der Waals surface area (Å²) < 4.78 is 15.7. The molecule has 0 aliphatic heterocycles. The van der Waals surface area contributed by atoms with E-state index in [4.69, 9.17) is 25.2 Å². The zero-order valence-electron chi connectivity index (χ0n) is 11.4. The van der Waals surface area contributed by atoms with Crippen LogP contribution < -0.4 is 5.73 Å². The number of nitrogens with zero attached hydrogens (tertiary/aromatic N) is 1. The van der Waals surface area contributed by atoms with Crippen molar-refractivity contribution in [2.24, 2.45) is 10.9 Å². The fourth-order valence-electron chi connectivity index (χ4n) is 1.10. The predicted octanol–water partition coefficient (Wildman–Crippen LogP) is 0.662. The first-order valence-corrected chi connectivity index (χ1v) is 5.98. The van der Waals surface area contributed by atoms with Crippen molar-refractivity contribution in [2.75, 3.05) is 19.8 Å². The van der Waals surface area contributed by atoms with Gasteiger partial charge in [0.1, 0.15) is 11.9 Å². The van der Waals surface area contributed by atoms with Crippen molar-refractivity contribution in [2.45, 2.75) is 32.5 Å². The Bertz CT molecular complexity index is 306. The number of ether oxygens (including phenoxy) is 3. The number of hydrogen-bond donors (Lipinski definition) is 2. The molecule has 0 aliphatic carbocycles. The third-order valence-corrected chi connectivity index (χ3v) is 2.08. The number of nitrogens with two attached hydrogens (primary N) is 1. The van der Waals surface area contributed by atoms with Crippen LogP contribution in [0.15, 0.2) is 17.8 Å². The Hall–Kier alpha value is -1.60. The number of carbonyl (C=O) groups excluding carboxylic acids is 1. The van der Waals surface area contributed by atoms with Gasteiger partial charge in [0, 0.05) is 12.5 Å². The molecule has 0 radical (unpaired) electrons. The van der Waals surface area contributed by atoms with Crippen LogP contribution in [0.4, 0.5) is 0 Å². The molecule has 0 aromatic carbocycles. The number of amidine groups is 1. The fraction of sp³-hybridized carbons (Fsp3) is 0.667. The maximum Gasteiger partial charge on any atom is 0.330 e. The van der Waals surface area contributed by atoms with Crippen molar-refractivity contribution in [3.05, 3.63) is 12.7 Å². The summed E-state index contributed by atoms with van der Waals surface area (Å²) in [7, 11) is 0. The molecule has 19 heavy (non-hydrogen) atoms. The average molecular weight is 274 g/mol. The first-order valence-electron chi connectivity index (χ1n) is 5.98. The highest BCUT2D eigenvalue weighted by atomic mass is 16.6. The van der Waals surface area contributed by atoms with Crippen molar-refractivity contribution in [1.82, 2.24) is 0 Å². The van der Waals surface area contributed by atoms with Gasteiger partial charge in [-0.3, -0.25) is 0 Å². The Balaban J connectivity index is 3.61. The standard InChI is InChI=1S/C12H22N2O5/c1-4-12(15)19-10(3)8-18-9(2)7-17-6-5-11(13)14-16/h4,9-10,16H,1,5-8H2,2-3H3,(H2,13,14). The van der Waals surface area contributed by atoms with Gasteiger partial charge in [-0.2, -0.15) is 0 Å². The van der Waals surface area contributed by atoms with Gasteiger partial charge in [-0.25, -0.2) is 4.79 Å². The van der Waals surface area contributed by atoms with Crippen LogP contribution in [0.25, 0.3) is 0 Å². The summed E-state index contributed by atoms with van der Waals surface area (Å²) in [6.45, 7) is 7.89. The van der Waals surface area contributed by atoms with Gasteiger partial charge in [-0.1, -0.05) is 11.7 Å². The fourth-order valence-corrected chi connectivity index (χ4v) is 1.10. The van der Waals surface area contributed by atoms with Crippen LogP contribution in [0.1, 0.15) is 20.3 Å². The second-order valence-electron chi connectivity index (χ2n) is 4.01. The van der Waals surface area contributed by atoms with Gasteiger partial charge >= 0.3 is 5.97 Å². The molecule has 7 heteroatoms. The molecule has 0 fully saturated rings. The molecule has 0 bridgehead atoms. The van der Waals surface area contributed by atoms with Crippen molar-refractivity contribution >= 4 is 11.8 Å². The van der Waals surface area contributed by atoms with Crippen molar-refractivity contribution in [3.8, 4) is 0 Å². The minimum atomic E-state index is -0.473. The Morgan fingerprint density at radius 3 is 2.68 bits per heavy atom. The monoisotopic (exact) mass is 274 g/mol. The van der Waals surface area contributed by atoms with Crippen LogP contribution >= 0.6 is 0 Å². The topological polar surface area (TPSA) is 103 Å². The third-order valence-electron chi connectivity index (χ3n) is 2.08. The molecule has 0 aromatic heterocycles. The number of rotatable bonds is 10. The number of esters is 1. The number of hydrogen-bond acceptors (Lipinski definition) is 6. The van der Waals surface area contributed by atoms with Crippen molar-refractivity contribution < 1.29 is 24.2 Å². The van der Waals surface area contributed by atoms with E-state index in [0.717, 1.165) is 6.08 Å². The summed E-state index contributed by atoms with van der Waals surface area (Å²) in [5, 5.41) is 11.1. The average Bonchev–Trinajstić information content (AvgIpc) is 2.40. The second-order valence-corrected chi connectivity index (χ2v) is 4.01. The lowest BCUT2D eigenvalue weighted by atomic mass is 10.4. The molecule has 0 saturated carbocycles. The van der Waals surface area contributed by atoms with Gasteiger partial charge in [0.15, 0.2) is 0 Å². The predicted molar refractivity (Wildman–Crippen MR) is 70.0 cm³/mol. The highest BCUT2D eigenvalue weighted by Gasteiger charge is 2.09. The lowest BCUT2D eigenvalue weighted by Gasteiger charge is -2.17. The van der Waals surface area contributed by atoms with Gasteiger partial charge in [-0.15, -0.1) is 0 Å². The lowest BCUT2D eigenvalue weighted by molar-refractivity contribution is -0.146. The Labute approximate surface area is 113 Å². The minimum Gasteiger partial charge on any atom is -0.457 e. The van der Waals surface area contributed by atoms with Crippen molar-refractivity contribution in [3.63, 3.8) is 0 Å². The molecule has 2 unspecified atom stereocenters. The zero-order valence-corrected chi connectivity index (χ0v) is 11.4. The van der Waals surface area contributed by atoms with E-state index >= 15 is 0 Å². The molecule has 0 heterocycles. The molecule has 0 aromatic rings. The highest BCUT2D eigenvalue weighted by molar-refractivity contribution is 5.81. The molecule has 7 nitrogen and oxygen atoms in total. The largest absolute Gasteiger partial charge is 0.457 e. The Kier molecular flexibility index (Phi) is 9.46. The molecule has 3 N–H and O–H groups in total. The Morgan fingerprint density at radius 1 is 1.42 bits per heavy atom. The van der Waals surface area contributed by atoms with Crippen LogP contribution in [0, 0.1) is 0 Å². The summed E-state index contributed by atoms with van der Waals surface area (Å²) in [6, 6.07) is 0. The molecule has 0 amide bonds. The summed E-state index contributed by atoms with van der Waals surface area (Å²) in [4.78, 5) is 10.9. The second kappa shape index (κ2) is 10.3. The highest BCUT2D eigenvalue weighted by Crippen LogP contribution is 1.99. The summed E-state index contributed by atoms with van der Waals surface area (Å²) >= 11 is 0. The van der Waals surface area contributed by atoms with Crippen LogP contribution in [-0.2, 0) is 19.0 Å². The molecular formula is C12H22N2O5. The molecule has 0 spiro atoms. The minimum absolute atomic E-state index is 0.124. The molecule has 0 saturated heterocycles. The first kappa shape index (κ1) is 17.4. The quantitative estimate of drug-likeness (QED) is 0.115. The van der Waals surface area contributed by atoms with E-state index in [1.54, 1.807) is 6.92 Å². The molecule has 110 valence electrons. The van der Waals surface area contributed by atoms with Gasteiger partial charge in [0.05, 0.1) is 25.9 Å². The third kappa shape index (κ3) is 10.0. The smallest absolute Gasteiger partial charge is 0.330 e. The van der Waals surface area contributed by atoms with Crippen LogP contribution in [-0.4, -0.2) is 49.0 Å². The molecule has 0 aliphatic rings. The van der Waals surface area contributed by atoms with E-state index in [1.807, 2.05) is 6.92 Å². The van der Waals surface area contributed by atoms with E-state index < -0.39 is 5.97 Å². The lowest BCUT2D eigenvalue weighted by Crippen LogP contribution is -2.25. The van der Waals surface area contributed by atoms with E-state index in [-0.39, 0.29) is 24.7 Å². The first-order chi connectivity index (χ1) is 8.99. The van der Waals surface area contributed by atoms with Crippen LogP contribution in [0.3, 0.4) is 0 Å². The Morgan fingerprint density at radius 2 is 2.11 bits per heavy atom. The van der Waals surface area contributed by atoms with Crippen LogP contribution in [0.2, 0.25) is 0 Å². The number of carbonyl (C=O) groups is 1. The maximum atomic E-state index is 10.9. The van der Waals surface area contributed by atoms with E-state index in [1.165, 1.54) is 0 Å². The molecular weight excluding hydrogens is 252 g/mol. The SMILES string of the molecule is C=CC(=O)OC(C)COC(C)COCC/C(N)=N/O. The van der Waals surface area contributed by atoms with E-state index in [0.29, 0.717) is 19.6 Å². The maximum absolute atomic E-state index is 10.9. The van der Waals surface area contributed by atoms with Gasteiger partial charge in [0.25, 0.3) is 0 Å². The zero-order chi connectivity index (χ0) is 14.7. The summed E-state index contributed by atoms with van der Waals surface area (Å²) in [5.41, 5.74) is 5.28. The van der Waals surface area contributed by atoms with Crippen LogP contribution in [0.5, 0.6) is 0 Å². The summed E-state index contributed by atoms with van der Waals surface area (Å²) in [5.74, 6) is -0.350. The van der Waals surface area contributed by atoms with Gasteiger partial charge in [0.2, 0.25) is 0 Å². The molecule has 2 atom stereocenters. The van der Waals surface area contributed by atoms with Gasteiger partial charge in [-0.05, 0) is 13.8 Å².